The second-order valence-corrected chi connectivity index (χ2v) is 19.4. The lowest BCUT2D eigenvalue weighted by Gasteiger charge is -2.33. The summed E-state index contributed by atoms with van der Waals surface area (Å²) >= 11 is 0. The molecule has 1 aliphatic carbocycles. The fourth-order valence-electron chi connectivity index (χ4n) is 6.54. The van der Waals surface area contributed by atoms with Gasteiger partial charge in [0.05, 0.1) is 0 Å². The Kier molecular flexibility index (Phi) is 11.7. The Labute approximate surface area is 270 Å². The average molecular weight is 617 g/mol. The van der Waals surface area contributed by atoms with E-state index in [1.807, 2.05) is 0 Å². The maximum atomic E-state index is 3.72. The first-order valence-electron chi connectivity index (χ1n) is 17.0. The van der Waals surface area contributed by atoms with Gasteiger partial charge in [0.15, 0.2) is 0 Å². The fraction of sp³-hybridized carbons (Fsp3) is 0.659. The van der Waals surface area contributed by atoms with E-state index in [1.54, 1.807) is 0 Å². The maximum absolute atomic E-state index is 3.72. The molecule has 0 spiro atoms. The molecule has 2 bridgehead atoms. The Bertz CT molecular complexity index is 1280. The van der Waals surface area contributed by atoms with Crippen LogP contribution in [0.4, 0.5) is 0 Å². The molecule has 0 fully saturated rings. The van der Waals surface area contributed by atoms with Crippen LogP contribution >= 0.6 is 16.4 Å². The molecular formula is C41H62P2. The van der Waals surface area contributed by atoms with E-state index in [0.717, 1.165) is 16.4 Å². The van der Waals surface area contributed by atoms with Crippen molar-refractivity contribution in [3.8, 4) is 0 Å². The summed E-state index contributed by atoms with van der Waals surface area (Å²) < 4.78 is 0. The molecule has 0 amide bonds. The van der Waals surface area contributed by atoms with Crippen LogP contribution in [0.15, 0.2) is 30.3 Å². The third-order valence-corrected chi connectivity index (χ3v) is 11.6. The van der Waals surface area contributed by atoms with Crippen LogP contribution in [0, 0.1) is 0 Å². The monoisotopic (exact) mass is 616 g/mol. The van der Waals surface area contributed by atoms with E-state index in [9.17, 15) is 0 Å². The fourth-order valence-corrected chi connectivity index (χ4v) is 9.20. The van der Waals surface area contributed by atoms with Gasteiger partial charge in [-0.05, 0) is 95.0 Å². The summed E-state index contributed by atoms with van der Waals surface area (Å²) in [5.41, 5.74) is 15.3. The van der Waals surface area contributed by atoms with Gasteiger partial charge in [-0.15, -0.1) is 0 Å². The van der Waals surface area contributed by atoms with Crippen LogP contribution in [-0.4, -0.2) is 10.9 Å². The molecule has 0 radical (unpaired) electrons. The van der Waals surface area contributed by atoms with Gasteiger partial charge in [-0.25, -0.2) is 0 Å². The molecule has 0 aliphatic heterocycles. The first-order chi connectivity index (χ1) is 19.7. The highest BCUT2D eigenvalue weighted by Crippen LogP contribution is 2.37. The van der Waals surface area contributed by atoms with Crippen LogP contribution < -0.4 is 10.6 Å². The van der Waals surface area contributed by atoms with Gasteiger partial charge >= 0.3 is 0 Å². The van der Waals surface area contributed by atoms with Gasteiger partial charge in [-0.2, -0.15) is 0 Å². The maximum Gasteiger partial charge on any atom is 0.0178 e. The number of fused-ring (bicyclic) bond motifs is 2. The molecule has 2 aromatic rings. The Morgan fingerprint density at radius 2 is 0.907 bits per heavy atom. The van der Waals surface area contributed by atoms with E-state index in [1.165, 1.54) is 96.2 Å². The highest BCUT2D eigenvalue weighted by molar-refractivity contribution is 7.52. The summed E-state index contributed by atoms with van der Waals surface area (Å²) in [6.07, 6.45) is 12.0. The van der Waals surface area contributed by atoms with Gasteiger partial charge in [0, 0.05) is 10.6 Å². The molecule has 3 rings (SSSR count). The minimum atomic E-state index is 0.0549. The van der Waals surface area contributed by atoms with Crippen LogP contribution in [0.5, 0.6) is 0 Å². The predicted octanol–water partition coefficient (Wildman–Crippen LogP) is 11.9. The molecule has 2 aromatic carbocycles. The third kappa shape index (κ3) is 9.55. The average Bonchev–Trinajstić information content (AvgIpc) is 2.87. The number of rotatable bonds is 2. The Hall–Kier alpha value is -1.40. The lowest BCUT2D eigenvalue weighted by atomic mass is 9.74. The van der Waals surface area contributed by atoms with Crippen molar-refractivity contribution in [2.45, 2.75) is 175 Å². The van der Waals surface area contributed by atoms with Gasteiger partial charge in [-0.1, -0.05) is 165 Å². The standard InChI is InChI=1S/C41H62P2/c1-37(2,3)30-28-33(38(4,5)6)36(34(29-30)39(7,8)9)43-27-26-42-35-31-22-21-23-32(35)41(12,13)25-20-18-16-14-15-17-19-24-40(31,10)11/h21-23,28-29H,14-20,24-25H2,1-13H3. The molecule has 0 N–H and O–H groups in total. The molecule has 0 nitrogen and oxygen atoms in total. The first kappa shape index (κ1) is 36.1. The molecule has 0 aromatic heterocycles. The van der Waals surface area contributed by atoms with Gasteiger partial charge in [0.25, 0.3) is 0 Å². The quantitative estimate of drug-likeness (QED) is 0.295. The minimum absolute atomic E-state index is 0.0549. The SMILES string of the molecule is CC(C)(C)c1cc(C(C)(C)C)c(P=C=C=Pc2c3cccc2C(C)(C)CCCCCCCCCC3(C)C)c(C(C)(C)C)c1. The summed E-state index contributed by atoms with van der Waals surface area (Å²) in [4.78, 5) is 0. The van der Waals surface area contributed by atoms with E-state index in [2.05, 4.69) is 131 Å². The topological polar surface area (TPSA) is 0 Å². The summed E-state index contributed by atoms with van der Waals surface area (Å²) in [6, 6.07) is 12.1. The lowest BCUT2D eigenvalue weighted by Crippen LogP contribution is -2.30. The predicted molar refractivity (Wildman–Crippen MR) is 200 cm³/mol. The minimum Gasteiger partial charge on any atom is -0.0616 e. The van der Waals surface area contributed by atoms with Crippen molar-refractivity contribution in [1.29, 1.82) is 0 Å². The third-order valence-electron chi connectivity index (χ3n) is 9.58. The van der Waals surface area contributed by atoms with Crippen molar-refractivity contribution in [2.24, 2.45) is 0 Å². The molecule has 0 atom stereocenters. The summed E-state index contributed by atoms with van der Waals surface area (Å²) in [7, 11) is 2.28. The molecule has 0 saturated carbocycles. The number of benzene rings is 2. The molecule has 1 aliphatic rings. The largest absolute Gasteiger partial charge is 0.0616 e. The second kappa shape index (κ2) is 13.9. The van der Waals surface area contributed by atoms with E-state index < -0.39 is 0 Å². The van der Waals surface area contributed by atoms with Crippen molar-refractivity contribution < 1.29 is 0 Å². The van der Waals surface area contributed by atoms with E-state index in [-0.39, 0.29) is 27.1 Å². The highest BCUT2D eigenvalue weighted by Gasteiger charge is 2.30. The second-order valence-electron chi connectivity index (χ2n) is 17.6. The van der Waals surface area contributed by atoms with Crippen molar-refractivity contribution in [2.75, 3.05) is 0 Å². The summed E-state index contributed by atoms with van der Waals surface area (Å²) in [6.45, 7) is 31.0. The van der Waals surface area contributed by atoms with Crippen LogP contribution in [0.3, 0.4) is 0 Å². The Morgan fingerprint density at radius 1 is 0.535 bits per heavy atom. The molecule has 2 heteroatoms. The molecule has 43 heavy (non-hydrogen) atoms. The normalized spacial score (nSPS) is 18.5. The molecule has 0 saturated heterocycles. The zero-order valence-electron chi connectivity index (χ0n) is 30.1. The van der Waals surface area contributed by atoms with Gasteiger partial charge in [-0.3, -0.25) is 0 Å². The van der Waals surface area contributed by atoms with Crippen LogP contribution in [-0.2, 0) is 27.1 Å². The van der Waals surface area contributed by atoms with E-state index in [4.69, 9.17) is 0 Å². The first-order valence-corrected chi connectivity index (χ1v) is 18.8. The van der Waals surface area contributed by atoms with Crippen molar-refractivity contribution in [1.82, 2.24) is 0 Å². The van der Waals surface area contributed by atoms with E-state index in [0.29, 0.717) is 0 Å². The number of hydrogen-bond acceptors (Lipinski definition) is 0. The Balaban J connectivity index is 2.26. The lowest BCUT2D eigenvalue weighted by molar-refractivity contribution is 0.422. The molecule has 0 unspecified atom stereocenters. The van der Waals surface area contributed by atoms with Gasteiger partial charge < -0.3 is 0 Å². The Morgan fingerprint density at radius 3 is 1.28 bits per heavy atom. The van der Waals surface area contributed by atoms with Crippen LogP contribution in [0.2, 0.25) is 0 Å². The summed E-state index contributed by atoms with van der Waals surface area (Å²) in [5.74, 6) is 0. The molecule has 236 valence electrons. The van der Waals surface area contributed by atoms with Crippen molar-refractivity contribution in [3.05, 3.63) is 58.1 Å². The smallest absolute Gasteiger partial charge is 0.0178 e. The number of hydrogen-bond donors (Lipinski definition) is 0. The van der Waals surface area contributed by atoms with Crippen molar-refractivity contribution >= 4 is 37.9 Å². The van der Waals surface area contributed by atoms with Crippen LogP contribution in [0.25, 0.3) is 0 Å². The summed E-state index contributed by atoms with van der Waals surface area (Å²) in [5, 5.41) is 2.90. The van der Waals surface area contributed by atoms with Gasteiger partial charge in [0.1, 0.15) is 0 Å². The highest BCUT2D eigenvalue weighted by atomic mass is 31.1. The molecular weight excluding hydrogens is 554 g/mol. The van der Waals surface area contributed by atoms with Crippen molar-refractivity contribution in [3.63, 3.8) is 0 Å². The van der Waals surface area contributed by atoms with E-state index >= 15 is 0 Å². The molecule has 0 heterocycles. The van der Waals surface area contributed by atoms with Gasteiger partial charge in [0.2, 0.25) is 0 Å². The van der Waals surface area contributed by atoms with Crippen LogP contribution in [0.1, 0.15) is 176 Å². The zero-order chi connectivity index (χ0) is 32.3. The zero-order valence-corrected chi connectivity index (χ0v) is 31.9.